The van der Waals surface area contributed by atoms with E-state index in [1.165, 1.54) is 0 Å². The van der Waals surface area contributed by atoms with E-state index in [-0.39, 0.29) is 0 Å². The second kappa shape index (κ2) is 2.31. The van der Waals surface area contributed by atoms with Crippen LogP contribution in [0.5, 0.6) is 5.75 Å². The molecule has 0 atom stereocenters. The molecule has 0 aliphatic heterocycles. The summed E-state index contributed by atoms with van der Waals surface area (Å²) in [5, 5.41) is 1.14. The predicted octanol–water partition coefficient (Wildman–Crippen LogP) is 2.34. The molecule has 2 rings (SSSR count). The van der Waals surface area contributed by atoms with E-state index in [2.05, 4.69) is 12.1 Å². The molecule has 1 radical (unpaired) electrons. The minimum Gasteiger partial charge on any atom is -0.488 e. The van der Waals surface area contributed by atoms with E-state index in [0.29, 0.717) is 0 Å². The molecule has 0 aliphatic carbocycles. The molecule has 0 saturated heterocycles. The third-order valence-electron chi connectivity index (χ3n) is 1.70. The number of hydrogen-bond donors (Lipinski definition) is 1. The maximum atomic E-state index is 4.90. The normalized spacial score (nSPS) is 10.3. The lowest BCUT2D eigenvalue weighted by Gasteiger charge is -1.98. The first-order chi connectivity index (χ1) is 5.42. The Bertz CT molecular complexity index is 364. The largest absolute Gasteiger partial charge is 0.488 e. The first-order valence-electron chi connectivity index (χ1n) is 3.40. The molecule has 1 aromatic heterocycles. The summed E-state index contributed by atoms with van der Waals surface area (Å²) < 4.78 is 4.90. The van der Waals surface area contributed by atoms with Gasteiger partial charge >= 0.3 is 0 Å². The van der Waals surface area contributed by atoms with Gasteiger partial charge in [0.25, 0.3) is 0 Å². The third kappa shape index (κ3) is 0.871. The van der Waals surface area contributed by atoms with Gasteiger partial charge in [-0.1, -0.05) is 12.1 Å². The average Bonchev–Trinajstić information content (AvgIpc) is 2.50. The fourth-order valence-corrected chi connectivity index (χ4v) is 1.18. The molecule has 55 valence electrons. The van der Waals surface area contributed by atoms with Gasteiger partial charge in [0.1, 0.15) is 12.9 Å². The van der Waals surface area contributed by atoms with Crippen molar-refractivity contribution in [1.82, 2.24) is 4.98 Å². The zero-order valence-corrected chi connectivity index (χ0v) is 6.00. The lowest BCUT2D eigenvalue weighted by atomic mass is 10.2. The fraction of sp³-hybridized carbons (Fsp3) is 0. The molecule has 0 bridgehead atoms. The zero-order valence-electron chi connectivity index (χ0n) is 6.00. The molecule has 0 amide bonds. The highest BCUT2D eigenvalue weighted by atomic mass is 16.5. The van der Waals surface area contributed by atoms with Crippen LogP contribution in [0.25, 0.3) is 10.9 Å². The van der Waals surface area contributed by atoms with Gasteiger partial charge in [0.05, 0.1) is 5.52 Å². The Morgan fingerprint density at radius 1 is 1.27 bits per heavy atom. The number of nitrogens with one attached hydrogen (secondary N) is 1. The van der Waals surface area contributed by atoms with Crippen LogP contribution in [0.4, 0.5) is 0 Å². The summed E-state index contributed by atoms with van der Waals surface area (Å²) in [6.07, 6.45) is 1.88. The SMILES string of the molecule is [CH2]Oc1cccc2cc[nH]c12. The van der Waals surface area contributed by atoms with Gasteiger partial charge in [-0.3, -0.25) is 0 Å². The van der Waals surface area contributed by atoms with E-state index in [4.69, 9.17) is 4.74 Å². The second-order valence-electron chi connectivity index (χ2n) is 2.34. The molecule has 0 unspecified atom stereocenters. The Labute approximate surface area is 64.8 Å². The number of rotatable bonds is 1. The summed E-state index contributed by atoms with van der Waals surface area (Å²) in [6.45, 7) is 0. The Hall–Kier alpha value is -1.44. The van der Waals surface area contributed by atoms with Crippen molar-refractivity contribution in [3.05, 3.63) is 37.6 Å². The summed E-state index contributed by atoms with van der Waals surface area (Å²) >= 11 is 0. The molecule has 11 heavy (non-hydrogen) atoms. The highest BCUT2D eigenvalue weighted by Crippen LogP contribution is 2.22. The quantitative estimate of drug-likeness (QED) is 0.656. The Kier molecular flexibility index (Phi) is 1.32. The molecule has 0 aliphatic rings. The summed E-state index contributed by atoms with van der Waals surface area (Å²) in [4.78, 5) is 3.07. The number of para-hydroxylation sites is 1. The van der Waals surface area contributed by atoms with Crippen LogP contribution in [0.3, 0.4) is 0 Å². The molecular weight excluding hydrogens is 138 g/mol. The first kappa shape index (κ1) is 6.28. The van der Waals surface area contributed by atoms with Gasteiger partial charge in [-0.15, -0.1) is 0 Å². The van der Waals surface area contributed by atoms with Gasteiger partial charge in [-0.05, 0) is 12.1 Å². The van der Waals surface area contributed by atoms with Crippen molar-refractivity contribution in [2.75, 3.05) is 0 Å². The van der Waals surface area contributed by atoms with Crippen molar-refractivity contribution < 1.29 is 4.74 Å². The summed E-state index contributed by atoms with van der Waals surface area (Å²) in [5.41, 5.74) is 1.00. The highest BCUT2D eigenvalue weighted by molar-refractivity contribution is 5.85. The van der Waals surface area contributed by atoms with Crippen molar-refractivity contribution in [2.24, 2.45) is 0 Å². The lowest BCUT2D eigenvalue weighted by Crippen LogP contribution is -1.79. The second-order valence-corrected chi connectivity index (χ2v) is 2.34. The van der Waals surface area contributed by atoms with Crippen molar-refractivity contribution in [3.8, 4) is 5.75 Å². The van der Waals surface area contributed by atoms with Crippen LogP contribution in [-0.4, -0.2) is 4.98 Å². The van der Waals surface area contributed by atoms with Crippen molar-refractivity contribution >= 4 is 10.9 Å². The van der Waals surface area contributed by atoms with Gasteiger partial charge in [0.2, 0.25) is 0 Å². The smallest absolute Gasteiger partial charge is 0.143 e. The van der Waals surface area contributed by atoms with Gasteiger partial charge in [0, 0.05) is 11.6 Å². The monoisotopic (exact) mass is 146 g/mol. The van der Waals surface area contributed by atoms with E-state index in [9.17, 15) is 0 Å². The molecule has 2 aromatic rings. The number of ether oxygens (including phenoxy) is 1. The minimum absolute atomic E-state index is 0.785. The first-order valence-corrected chi connectivity index (χ1v) is 3.40. The maximum absolute atomic E-state index is 4.90. The van der Waals surface area contributed by atoms with Crippen LogP contribution < -0.4 is 4.74 Å². The zero-order chi connectivity index (χ0) is 7.68. The van der Waals surface area contributed by atoms with Gasteiger partial charge in [0.15, 0.2) is 0 Å². The number of fused-ring (bicyclic) bond motifs is 1. The topological polar surface area (TPSA) is 25.0 Å². The molecule has 2 nitrogen and oxygen atoms in total. The molecule has 0 spiro atoms. The van der Waals surface area contributed by atoms with E-state index >= 15 is 0 Å². The highest BCUT2D eigenvalue weighted by Gasteiger charge is 1.98. The summed E-state index contributed by atoms with van der Waals surface area (Å²) in [5.74, 6) is 0.785. The van der Waals surface area contributed by atoms with E-state index in [1.807, 2.05) is 30.5 Å². The molecule has 1 aromatic carbocycles. The maximum Gasteiger partial charge on any atom is 0.143 e. The minimum atomic E-state index is 0.785. The molecule has 1 N–H and O–H groups in total. The number of benzene rings is 1. The van der Waals surface area contributed by atoms with Crippen molar-refractivity contribution in [3.63, 3.8) is 0 Å². The number of H-pyrrole nitrogens is 1. The Morgan fingerprint density at radius 2 is 2.18 bits per heavy atom. The van der Waals surface area contributed by atoms with Gasteiger partial charge in [-0.2, -0.15) is 0 Å². The standard InChI is InChI=1S/C9H8NO/c1-11-8-4-2-3-7-5-6-10-9(7)8/h2-6,10H,1H2. The van der Waals surface area contributed by atoms with Crippen LogP contribution in [0.2, 0.25) is 0 Å². The number of aromatic nitrogens is 1. The van der Waals surface area contributed by atoms with Crippen LogP contribution in [-0.2, 0) is 0 Å². The molecule has 1 heterocycles. The van der Waals surface area contributed by atoms with Crippen molar-refractivity contribution in [1.29, 1.82) is 0 Å². The van der Waals surface area contributed by atoms with E-state index < -0.39 is 0 Å². The molecule has 0 fully saturated rings. The van der Waals surface area contributed by atoms with Gasteiger partial charge < -0.3 is 9.72 Å². The Morgan fingerprint density at radius 3 is 3.00 bits per heavy atom. The van der Waals surface area contributed by atoms with E-state index in [1.54, 1.807) is 0 Å². The van der Waals surface area contributed by atoms with Crippen molar-refractivity contribution in [2.45, 2.75) is 0 Å². The lowest BCUT2D eigenvalue weighted by molar-refractivity contribution is 0.477. The molecule has 0 saturated carbocycles. The van der Waals surface area contributed by atoms with Crippen LogP contribution in [0.15, 0.2) is 30.5 Å². The van der Waals surface area contributed by atoms with Gasteiger partial charge in [-0.25, -0.2) is 0 Å². The molecular formula is C9H8NO. The summed E-state index contributed by atoms with van der Waals surface area (Å²) in [7, 11) is 3.37. The fourth-order valence-electron chi connectivity index (χ4n) is 1.18. The molecule has 2 heteroatoms. The average molecular weight is 146 g/mol. The Balaban J connectivity index is 2.79. The van der Waals surface area contributed by atoms with E-state index in [0.717, 1.165) is 16.7 Å². The summed E-state index contributed by atoms with van der Waals surface area (Å²) in [6, 6.07) is 7.84. The van der Waals surface area contributed by atoms with Crippen LogP contribution in [0, 0.1) is 7.11 Å². The van der Waals surface area contributed by atoms with Crippen LogP contribution in [0.1, 0.15) is 0 Å². The third-order valence-corrected chi connectivity index (χ3v) is 1.70. The predicted molar refractivity (Wildman–Crippen MR) is 44.3 cm³/mol. The van der Waals surface area contributed by atoms with Crippen LogP contribution >= 0.6 is 0 Å². The number of aromatic amines is 1. The number of hydrogen-bond acceptors (Lipinski definition) is 1.